The molecule has 2 heterocycles. The van der Waals surface area contributed by atoms with Gasteiger partial charge >= 0.3 is 0 Å². The molecule has 9 heteroatoms. The molecule has 0 aliphatic heterocycles. The number of ether oxygens (including phenoxy) is 2. The smallest absolute Gasteiger partial charge is 0.297 e. The standard InChI is InChI=1S/C19H23N5O4/c1-10-4-5-13(8-11(10)2)27-16-14-9-12(26-3)6-7-15(14)28-17(16)18(25)20-19-21-23-24-22-19/h6-7,9-11,13H,4-5,8H2,1-3H3,(H2,20,21,22,23,24,25). The Hall–Kier alpha value is -3.10. The zero-order chi connectivity index (χ0) is 19.7. The highest BCUT2D eigenvalue weighted by atomic mass is 16.5. The molecule has 148 valence electrons. The van der Waals surface area contributed by atoms with Gasteiger partial charge in [0.15, 0.2) is 5.75 Å². The molecule has 1 aliphatic rings. The van der Waals surface area contributed by atoms with Crippen molar-refractivity contribution >= 4 is 22.8 Å². The highest BCUT2D eigenvalue weighted by Crippen LogP contribution is 2.39. The molecule has 1 aliphatic carbocycles. The van der Waals surface area contributed by atoms with Gasteiger partial charge in [-0.05, 0) is 54.5 Å². The van der Waals surface area contributed by atoms with E-state index in [2.05, 4.69) is 39.8 Å². The van der Waals surface area contributed by atoms with Crippen LogP contribution in [0.25, 0.3) is 11.0 Å². The summed E-state index contributed by atoms with van der Waals surface area (Å²) in [5, 5.41) is 16.5. The highest BCUT2D eigenvalue weighted by molar-refractivity contribution is 6.07. The molecule has 4 rings (SSSR count). The number of aromatic nitrogens is 4. The molecule has 0 bridgehead atoms. The number of carbonyl (C=O) groups is 1. The fraction of sp³-hybridized carbons (Fsp3) is 0.474. The average molecular weight is 385 g/mol. The number of benzene rings is 1. The fourth-order valence-electron chi connectivity index (χ4n) is 3.59. The van der Waals surface area contributed by atoms with Gasteiger partial charge in [-0.25, -0.2) is 0 Å². The molecule has 1 saturated carbocycles. The summed E-state index contributed by atoms with van der Waals surface area (Å²) in [6.45, 7) is 4.50. The first kappa shape index (κ1) is 18.3. The summed E-state index contributed by atoms with van der Waals surface area (Å²) in [6, 6.07) is 5.35. The molecule has 1 fully saturated rings. The number of carbonyl (C=O) groups excluding carboxylic acids is 1. The van der Waals surface area contributed by atoms with Crippen molar-refractivity contribution in [2.75, 3.05) is 12.4 Å². The molecule has 3 unspecified atom stereocenters. The number of methoxy groups -OCH3 is 1. The van der Waals surface area contributed by atoms with Gasteiger partial charge in [0.05, 0.1) is 18.6 Å². The van der Waals surface area contributed by atoms with Gasteiger partial charge in [0.25, 0.3) is 11.9 Å². The second-order valence-corrected chi connectivity index (χ2v) is 7.32. The van der Waals surface area contributed by atoms with Crippen LogP contribution in [0.3, 0.4) is 0 Å². The second kappa shape index (κ2) is 7.49. The minimum atomic E-state index is -0.496. The normalized spacial score (nSPS) is 22.2. The summed E-state index contributed by atoms with van der Waals surface area (Å²) in [5.74, 6) is 1.96. The highest BCUT2D eigenvalue weighted by Gasteiger charge is 2.30. The summed E-state index contributed by atoms with van der Waals surface area (Å²) < 4.78 is 17.5. The number of nitrogens with one attached hydrogen (secondary N) is 2. The van der Waals surface area contributed by atoms with E-state index in [0.717, 1.165) is 19.3 Å². The van der Waals surface area contributed by atoms with Crippen LogP contribution in [-0.2, 0) is 0 Å². The number of furan rings is 1. The van der Waals surface area contributed by atoms with Crippen molar-refractivity contribution in [1.29, 1.82) is 0 Å². The van der Waals surface area contributed by atoms with Crippen LogP contribution in [0, 0.1) is 11.8 Å². The van der Waals surface area contributed by atoms with Crippen LogP contribution >= 0.6 is 0 Å². The molecule has 2 aromatic heterocycles. The predicted molar refractivity (Wildman–Crippen MR) is 101 cm³/mol. The quantitative estimate of drug-likeness (QED) is 0.691. The Labute approximate surface area is 161 Å². The Balaban J connectivity index is 1.69. The van der Waals surface area contributed by atoms with Crippen molar-refractivity contribution in [3.8, 4) is 11.5 Å². The lowest BCUT2D eigenvalue weighted by molar-refractivity contribution is 0.0920. The van der Waals surface area contributed by atoms with E-state index < -0.39 is 5.91 Å². The predicted octanol–water partition coefficient (Wildman–Crippen LogP) is 3.41. The molecule has 3 aromatic rings. The minimum Gasteiger partial charge on any atom is -0.497 e. The SMILES string of the molecule is COc1ccc2oc(C(=O)Nc3nn[nH]n3)c(OC3CCC(C)C(C)C3)c2c1. The molecule has 3 atom stereocenters. The summed E-state index contributed by atoms with van der Waals surface area (Å²) in [5.41, 5.74) is 0.547. The first-order valence-corrected chi connectivity index (χ1v) is 9.37. The minimum absolute atomic E-state index is 0.0231. The monoisotopic (exact) mass is 385 g/mol. The maximum absolute atomic E-state index is 12.8. The Kier molecular flexibility index (Phi) is 4.89. The lowest BCUT2D eigenvalue weighted by atomic mass is 9.80. The summed E-state index contributed by atoms with van der Waals surface area (Å²) in [4.78, 5) is 12.8. The van der Waals surface area contributed by atoms with Gasteiger partial charge in [0.2, 0.25) is 5.76 Å². The number of aromatic amines is 1. The van der Waals surface area contributed by atoms with Crippen LogP contribution in [0.4, 0.5) is 5.95 Å². The first-order chi connectivity index (χ1) is 13.5. The lowest BCUT2D eigenvalue weighted by Crippen LogP contribution is -2.29. The second-order valence-electron chi connectivity index (χ2n) is 7.32. The molecule has 0 spiro atoms. The Morgan fingerprint density at radius 3 is 2.86 bits per heavy atom. The van der Waals surface area contributed by atoms with Crippen molar-refractivity contribution in [2.45, 2.75) is 39.2 Å². The van der Waals surface area contributed by atoms with Crippen LogP contribution in [0.2, 0.25) is 0 Å². The van der Waals surface area contributed by atoms with E-state index >= 15 is 0 Å². The number of tetrazole rings is 1. The summed E-state index contributed by atoms with van der Waals surface area (Å²) in [6.07, 6.45) is 2.99. The van der Waals surface area contributed by atoms with Gasteiger partial charge in [0.1, 0.15) is 11.3 Å². The maximum atomic E-state index is 12.8. The van der Waals surface area contributed by atoms with Crippen molar-refractivity contribution in [2.24, 2.45) is 11.8 Å². The van der Waals surface area contributed by atoms with E-state index in [9.17, 15) is 4.79 Å². The van der Waals surface area contributed by atoms with Crippen LogP contribution < -0.4 is 14.8 Å². The number of rotatable bonds is 5. The van der Waals surface area contributed by atoms with E-state index in [1.54, 1.807) is 19.2 Å². The van der Waals surface area contributed by atoms with Crippen molar-refractivity contribution in [1.82, 2.24) is 20.6 Å². The van der Waals surface area contributed by atoms with Gasteiger partial charge in [0, 0.05) is 0 Å². The molecule has 0 radical (unpaired) electrons. The number of fused-ring (bicyclic) bond motifs is 1. The topological polar surface area (TPSA) is 115 Å². The van der Waals surface area contributed by atoms with E-state index in [1.807, 2.05) is 6.07 Å². The van der Waals surface area contributed by atoms with Gasteiger partial charge in [-0.3, -0.25) is 10.1 Å². The van der Waals surface area contributed by atoms with Crippen molar-refractivity contribution in [3.05, 3.63) is 24.0 Å². The zero-order valence-electron chi connectivity index (χ0n) is 16.1. The summed E-state index contributed by atoms with van der Waals surface area (Å²) >= 11 is 0. The number of hydrogen-bond acceptors (Lipinski definition) is 7. The van der Waals surface area contributed by atoms with Crippen LogP contribution in [0.15, 0.2) is 22.6 Å². The Morgan fingerprint density at radius 1 is 1.29 bits per heavy atom. The number of hydrogen-bond donors (Lipinski definition) is 2. The molecule has 1 aromatic carbocycles. The lowest BCUT2D eigenvalue weighted by Gasteiger charge is -2.32. The van der Waals surface area contributed by atoms with Crippen molar-refractivity contribution < 1.29 is 18.7 Å². The van der Waals surface area contributed by atoms with Gasteiger partial charge in [-0.1, -0.05) is 18.9 Å². The Morgan fingerprint density at radius 2 is 2.14 bits per heavy atom. The molecule has 28 heavy (non-hydrogen) atoms. The first-order valence-electron chi connectivity index (χ1n) is 9.37. The summed E-state index contributed by atoms with van der Waals surface area (Å²) in [7, 11) is 1.59. The van der Waals surface area contributed by atoms with E-state index in [4.69, 9.17) is 13.9 Å². The van der Waals surface area contributed by atoms with Crippen molar-refractivity contribution in [3.63, 3.8) is 0 Å². The number of H-pyrrole nitrogens is 1. The number of nitrogens with zero attached hydrogens (tertiary/aromatic N) is 3. The number of amides is 1. The van der Waals surface area contributed by atoms with Gasteiger partial charge in [-0.2, -0.15) is 5.21 Å². The largest absolute Gasteiger partial charge is 0.497 e. The van der Waals surface area contributed by atoms with Crippen LogP contribution in [0.1, 0.15) is 43.7 Å². The maximum Gasteiger partial charge on any atom is 0.297 e. The third kappa shape index (κ3) is 3.51. The molecule has 9 nitrogen and oxygen atoms in total. The number of anilines is 1. The van der Waals surface area contributed by atoms with Crippen LogP contribution in [-0.4, -0.2) is 39.7 Å². The average Bonchev–Trinajstić information content (AvgIpc) is 3.32. The molecular formula is C19H23N5O4. The Bertz CT molecular complexity index is 968. The van der Waals surface area contributed by atoms with Crippen LogP contribution in [0.5, 0.6) is 11.5 Å². The third-order valence-corrected chi connectivity index (χ3v) is 5.46. The molecule has 2 N–H and O–H groups in total. The van der Waals surface area contributed by atoms with E-state index in [1.165, 1.54) is 0 Å². The van der Waals surface area contributed by atoms with Gasteiger partial charge in [-0.15, -0.1) is 5.10 Å². The zero-order valence-corrected chi connectivity index (χ0v) is 16.1. The molecular weight excluding hydrogens is 362 g/mol. The van der Waals surface area contributed by atoms with Gasteiger partial charge < -0.3 is 13.9 Å². The molecule has 1 amide bonds. The third-order valence-electron chi connectivity index (χ3n) is 5.46. The fourth-order valence-corrected chi connectivity index (χ4v) is 3.59. The molecule has 0 saturated heterocycles. The van der Waals surface area contributed by atoms with E-state index in [0.29, 0.717) is 34.3 Å². The van der Waals surface area contributed by atoms with E-state index in [-0.39, 0.29) is 17.8 Å².